The molecule has 0 N–H and O–H groups in total. The van der Waals surface area contributed by atoms with Gasteiger partial charge in [0.1, 0.15) is 13.1 Å². The minimum atomic E-state index is -2.42. The third-order valence-electron chi connectivity index (χ3n) is 12.9. The molecule has 4 aromatic carbocycles. The second-order valence-electron chi connectivity index (χ2n) is 19.4. The molecule has 0 bridgehead atoms. The van der Waals surface area contributed by atoms with Gasteiger partial charge in [0.2, 0.25) is 0 Å². The van der Waals surface area contributed by atoms with Gasteiger partial charge in [0.15, 0.2) is 0 Å². The van der Waals surface area contributed by atoms with Crippen LogP contribution >= 0.6 is 0 Å². The van der Waals surface area contributed by atoms with Gasteiger partial charge < -0.3 is 0 Å². The second kappa shape index (κ2) is 18.5. The molecule has 0 nitrogen and oxygen atoms in total. The Morgan fingerprint density at radius 3 is 0.800 bits per heavy atom. The van der Waals surface area contributed by atoms with Crippen molar-refractivity contribution in [2.75, 3.05) is 0 Å². The van der Waals surface area contributed by atoms with Gasteiger partial charge in [-0.15, -0.1) is 0 Å². The van der Waals surface area contributed by atoms with Crippen LogP contribution in [0.25, 0.3) is 0 Å². The van der Waals surface area contributed by atoms with Crippen molar-refractivity contribution in [3.63, 3.8) is 0 Å². The normalized spacial score (nSPS) is 16.5. The van der Waals surface area contributed by atoms with Crippen molar-refractivity contribution in [3.8, 4) is 0 Å². The number of benzene rings is 4. The van der Waals surface area contributed by atoms with E-state index in [4.69, 9.17) is 0 Å². The largest absolute Gasteiger partial charge is 1.00 e. The Morgan fingerprint density at radius 1 is 0.400 bits per heavy atom. The number of hydrogen-bond acceptors (Lipinski definition) is 0. The van der Waals surface area contributed by atoms with E-state index in [0.29, 0.717) is 7.05 Å². The molecule has 1 saturated heterocycles. The van der Waals surface area contributed by atoms with Crippen LogP contribution in [-0.4, -0.2) is 45.4 Å². The standard InChI is InChI=1S/C16H40Si4.2C7H8.2C7H7.Al.K/c1-17(2,3)15(18(4,5)6)13-14-16(19(7,8)9)20(10,11)12;4*1-7-5-3-2-4-6-7;;/h13-14H2,1-12H3;2*2-6H,1H3;2*2-6H,1H2;;/q;;;;;-1;+1. The predicted octanol–water partition coefficient (Wildman–Crippen LogP) is 10.8. The van der Waals surface area contributed by atoms with E-state index in [1.807, 2.05) is 36.4 Å². The summed E-state index contributed by atoms with van der Waals surface area (Å²) < 4.78 is 1.30. The number of hydrogen-bond donors (Lipinski definition) is 0. The van der Waals surface area contributed by atoms with Crippen LogP contribution in [0.2, 0.25) is 85.6 Å². The van der Waals surface area contributed by atoms with E-state index in [0.717, 1.165) is 0 Å². The van der Waals surface area contributed by atoms with Crippen molar-refractivity contribution >= 4 is 45.4 Å². The average molecular weight is 777 g/mol. The summed E-state index contributed by atoms with van der Waals surface area (Å²) in [4.78, 5) is 0. The topological polar surface area (TPSA) is 0 Å². The van der Waals surface area contributed by atoms with Crippen molar-refractivity contribution in [2.24, 2.45) is 0 Å². The van der Waals surface area contributed by atoms with E-state index in [1.165, 1.54) is 34.5 Å². The van der Waals surface area contributed by atoms with Gasteiger partial charge in [-0.2, -0.15) is 17.6 Å². The first-order valence-electron chi connectivity index (χ1n) is 19.0. The monoisotopic (exact) mass is 776 g/mol. The van der Waals surface area contributed by atoms with E-state index in [2.05, 4.69) is 177 Å². The molecule has 0 saturated carbocycles. The molecule has 6 heteroatoms. The fourth-order valence-corrected chi connectivity index (χ4v) is 73.4. The van der Waals surface area contributed by atoms with Crippen LogP contribution in [0.4, 0.5) is 0 Å². The smallest absolute Gasteiger partial charge is 0.176 e. The molecule has 0 amide bonds. The Labute approximate surface area is 358 Å². The molecule has 0 unspecified atom stereocenters. The maximum atomic E-state index is 2.79. The molecule has 1 fully saturated rings. The van der Waals surface area contributed by atoms with Crippen molar-refractivity contribution in [2.45, 2.75) is 123 Å². The summed E-state index contributed by atoms with van der Waals surface area (Å²) in [5.41, 5.74) is 5.94. The van der Waals surface area contributed by atoms with E-state index in [-0.39, 0.29) is 51.4 Å². The first-order chi connectivity index (χ1) is 22.7. The predicted molar refractivity (Wildman–Crippen MR) is 236 cm³/mol. The molecule has 0 spiro atoms. The number of aryl methyl sites for hydroxylation is 2. The fraction of sp³-hybridized carbons (Fsp3) is 0.455. The molecular formula is C44H70AlKSi4. The van der Waals surface area contributed by atoms with E-state index >= 15 is 0 Å². The van der Waals surface area contributed by atoms with Crippen LogP contribution < -0.4 is 51.4 Å². The Kier molecular flexibility index (Phi) is 17.0. The molecule has 1 heterocycles. The Balaban J connectivity index is 0.000000475. The summed E-state index contributed by atoms with van der Waals surface area (Å²) in [6.45, 7) is 37.7. The molecular weight excluding hydrogens is 707 g/mol. The maximum absolute atomic E-state index is 2.79. The fourth-order valence-electron chi connectivity index (χ4n) is 12.3. The van der Waals surface area contributed by atoms with E-state index in [1.54, 1.807) is 11.1 Å². The molecule has 0 radical (unpaired) electrons. The summed E-state index contributed by atoms with van der Waals surface area (Å²) in [6.07, 6.45) is 3.08. The summed E-state index contributed by atoms with van der Waals surface area (Å²) in [7, 11) is -6.08. The molecule has 0 atom stereocenters. The van der Waals surface area contributed by atoms with Crippen LogP contribution in [-0.2, 0) is 10.6 Å². The van der Waals surface area contributed by atoms with Gasteiger partial charge in [-0.1, -0.05) is 235 Å². The maximum Gasteiger partial charge on any atom is 1.00 e. The molecule has 5 rings (SSSR count). The summed E-state index contributed by atoms with van der Waals surface area (Å²) >= 11 is -2.42. The third-order valence-corrected chi connectivity index (χ3v) is 57.3. The number of rotatable bonds is 8. The van der Waals surface area contributed by atoms with Crippen LogP contribution in [0.15, 0.2) is 121 Å². The molecule has 266 valence electrons. The minimum absolute atomic E-state index is 0. The third kappa shape index (κ3) is 9.96. The van der Waals surface area contributed by atoms with E-state index < -0.39 is 45.4 Å². The van der Waals surface area contributed by atoms with Gasteiger partial charge in [0.25, 0.3) is 0 Å². The van der Waals surface area contributed by atoms with Crippen LogP contribution in [0.3, 0.4) is 0 Å². The summed E-state index contributed by atoms with van der Waals surface area (Å²) in [5, 5.41) is 2.84. The molecule has 0 aromatic heterocycles. The van der Waals surface area contributed by atoms with Gasteiger partial charge in [-0.25, -0.2) is 0 Å². The van der Waals surface area contributed by atoms with Gasteiger partial charge >= 0.3 is 51.4 Å². The van der Waals surface area contributed by atoms with Crippen LogP contribution in [0, 0.1) is 13.8 Å². The van der Waals surface area contributed by atoms with E-state index in [9.17, 15) is 0 Å². The van der Waals surface area contributed by atoms with Gasteiger partial charge in [0.05, 0.1) is 0 Å². The summed E-state index contributed by atoms with van der Waals surface area (Å²) in [5.74, 6) is 0. The van der Waals surface area contributed by atoms with Crippen molar-refractivity contribution < 1.29 is 51.4 Å². The Morgan fingerprint density at radius 2 is 0.620 bits per heavy atom. The van der Waals surface area contributed by atoms with Crippen molar-refractivity contribution in [1.29, 1.82) is 0 Å². The Hall–Kier alpha value is -0.0836. The molecule has 1 aliphatic rings. The first-order valence-corrected chi connectivity index (χ1v) is 35.7. The minimum Gasteiger partial charge on any atom is -0.176 e. The van der Waals surface area contributed by atoms with Crippen molar-refractivity contribution in [1.82, 2.24) is 0 Å². The zero-order chi connectivity index (χ0) is 36.8. The zero-order valence-electron chi connectivity index (χ0n) is 35.0. The Bertz CT molecular complexity index is 1400. The second-order valence-corrected chi connectivity index (χ2v) is 49.5. The SMILES string of the molecule is C[Si](C)(C)[C]1([Si](C)(C)C)CC[C]([Si](C)(C)C)([Si](C)(C)C)[Al-]1([CH2]c1ccccc1)[CH2]c1ccccc1.Cc1ccccc1.Cc1ccccc1.[K+]. The van der Waals surface area contributed by atoms with Gasteiger partial charge in [0, 0.05) is 32.3 Å². The van der Waals surface area contributed by atoms with Crippen molar-refractivity contribution in [3.05, 3.63) is 144 Å². The zero-order valence-corrected chi connectivity index (χ0v) is 43.2. The van der Waals surface area contributed by atoms with Gasteiger partial charge in [-0.05, 0) is 13.8 Å². The molecule has 1 aliphatic heterocycles. The molecule has 0 aliphatic carbocycles. The first kappa shape index (κ1) is 46.1. The summed E-state index contributed by atoms with van der Waals surface area (Å²) in [6, 6.07) is 44.2. The van der Waals surface area contributed by atoms with Gasteiger partial charge in [-0.3, -0.25) is 0 Å². The van der Waals surface area contributed by atoms with Crippen LogP contribution in [0.5, 0.6) is 0 Å². The average Bonchev–Trinajstić information content (AvgIpc) is 3.33. The molecule has 4 aromatic rings. The van der Waals surface area contributed by atoms with Crippen LogP contribution in [0.1, 0.15) is 35.1 Å². The molecule has 50 heavy (non-hydrogen) atoms. The quantitative estimate of drug-likeness (QED) is 0.156.